The van der Waals surface area contributed by atoms with Gasteiger partial charge in [0.2, 0.25) is 0 Å². The average molecular weight is 464 g/mol. The molecule has 2 heterocycles. The molecule has 0 spiro atoms. The molecule has 0 saturated carbocycles. The number of methoxy groups -OCH3 is 1. The van der Waals surface area contributed by atoms with Gasteiger partial charge in [-0.25, -0.2) is 0 Å². The van der Waals surface area contributed by atoms with Crippen molar-refractivity contribution >= 4 is 50.3 Å². The molecule has 0 unspecified atom stereocenters. The second kappa shape index (κ2) is 8.43. The molecule has 1 aliphatic heterocycles. The minimum absolute atomic E-state index is 0.0501. The number of thioether (sulfide) groups is 2. The lowest BCUT2D eigenvalue weighted by atomic mass is 9.93. The van der Waals surface area contributed by atoms with E-state index >= 15 is 0 Å². The van der Waals surface area contributed by atoms with E-state index in [9.17, 15) is 18.0 Å². The van der Waals surface area contributed by atoms with Gasteiger partial charge in [-0.05, 0) is 53.6 Å². The van der Waals surface area contributed by atoms with Crippen molar-refractivity contribution in [2.45, 2.75) is 12.6 Å². The van der Waals surface area contributed by atoms with Crippen molar-refractivity contribution in [2.75, 3.05) is 13.4 Å². The lowest BCUT2D eigenvalue weighted by Gasteiger charge is -2.17. The van der Waals surface area contributed by atoms with Crippen molar-refractivity contribution in [3.63, 3.8) is 0 Å². The number of hydrogen-bond acceptors (Lipinski definition) is 5. The fourth-order valence-electron chi connectivity index (χ4n) is 3.30. The number of amides is 1. The Morgan fingerprint density at radius 1 is 1.23 bits per heavy atom. The van der Waals surface area contributed by atoms with Crippen LogP contribution in [0.15, 0.2) is 52.5 Å². The second-order valence-electron chi connectivity index (χ2n) is 6.67. The summed E-state index contributed by atoms with van der Waals surface area (Å²) >= 11 is 2.50. The molecule has 0 bridgehead atoms. The van der Waals surface area contributed by atoms with Crippen LogP contribution < -0.4 is 4.74 Å². The third kappa shape index (κ3) is 4.35. The van der Waals surface area contributed by atoms with Crippen molar-refractivity contribution in [1.82, 2.24) is 10.2 Å². The third-order valence-corrected chi connectivity index (χ3v) is 6.89. The number of carbonyl (C=O) groups is 1. The van der Waals surface area contributed by atoms with Crippen molar-refractivity contribution < 1.29 is 22.7 Å². The molecular weight excluding hydrogens is 447 g/mol. The Labute approximate surface area is 184 Å². The molecule has 1 N–H and O–H groups in total. The number of aliphatic imine (C=N–C) groups is 1. The Balaban J connectivity index is 1.86. The third-order valence-electron chi connectivity index (χ3n) is 4.80. The normalized spacial score (nSPS) is 16.0. The number of ether oxygens (including phenoxy) is 1. The number of halogens is 3. The minimum atomic E-state index is -4.57. The lowest BCUT2D eigenvalue weighted by molar-refractivity contribution is -0.138. The van der Waals surface area contributed by atoms with Gasteiger partial charge in [0.1, 0.15) is 10.1 Å². The van der Waals surface area contributed by atoms with Gasteiger partial charge in [-0.15, -0.1) is 11.8 Å². The summed E-state index contributed by atoms with van der Waals surface area (Å²) in [7, 11) is 1.32. The predicted molar refractivity (Wildman–Crippen MR) is 118 cm³/mol. The van der Waals surface area contributed by atoms with Crippen molar-refractivity contribution in [1.29, 1.82) is 0 Å². The lowest BCUT2D eigenvalue weighted by Crippen LogP contribution is -2.11. The number of aromatic amines is 1. The zero-order valence-corrected chi connectivity index (χ0v) is 18.0. The summed E-state index contributed by atoms with van der Waals surface area (Å²) in [6.07, 6.45) is -1.23. The van der Waals surface area contributed by atoms with E-state index in [2.05, 4.69) is 15.2 Å². The zero-order chi connectivity index (χ0) is 22.2. The van der Waals surface area contributed by atoms with Crippen LogP contribution in [0.25, 0.3) is 16.5 Å². The monoisotopic (exact) mass is 463 g/mol. The Kier molecular flexibility index (Phi) is 5.85. The molecule has 10 heteroatoms. The number of nitrogens with zero attached hydrogens (tertiary/aromatic N) is 2. The largest absolute Gasteiger partial charge is 0.497 e. The standard InChI is InChI=1S/C21H16F3N3O2S2/c1-29-14-5-3-12(16(9-14)21(22,23)24)8-15(18-19(28)26-20(30-2)31-18)11-4-6-17-13(7-11)10-25-27-17/h3-7,9-10H,8H2,1-2H3,(H,25,27). The summed E-state index contributed by atoms with van der Waals surface area (Å²) in [6, 6.07) is 9.22. The second-order valence-corrected chi connectivity index (χ2v) is 8.72. The average Bonchev–Trinajstić information content (AvgIpc) is 3.37. The number of H-pyrrole nitrogens is 1. The molecule has 0 aliphatic carbocycles. The number of hydrogen-bond donors (Lipinski definition) is 1. The van der Waals surface area contributed by atoms with Crippen LogP contribution in [0.2, 0.25) is 0 Å². The SMILES string of the molecule is COc1ccc(CC(=C2SC(SC)=NC2=O)c2ccc3[nH]ncc3c2)c(C(F)(F)F)c1. The molecule has 0 atom stereocenters. The number of fused-ring (bicyclic) bond motifs is 1. The zero-order valence-electron chi connectivity index (χ0n) is 16.4. The highest BCUT2D eigenvalue weighted by Crippen LogP contribution is 2.41. The van der Waals surface area contributed by atoms with Crippen molar-refractivity contribution in [2.24, 2.45) is 4.99 Å². The molecule has 3 aromatic rings. The summed E-state index contributed by atoms with van der Waals surface area (Å²) in [5, 5.41) is 7.63. The van der Waals surface area contributed by atoms with E-state index in [0.717, 1.165) is 17.0 Å². The Hall–Kier alpha value is -2.72. The molecular formula is C21H16F3N3O2S2. The first kappa shape index (κ1) is 21.5. The van der Waals surface area contributed by atoms with Crippen LogP contribution in [-0.4, -0.2) is 33.8 Å². The highest BCUT2D eigenvalue weighted by Gasteiger charge is 2.35. The Morgan fingerprint density at radius 3 is 2.71 bits per heavy atom. The van der Waals surface area contributed by atoms with Crippen molar-refractivity contribution in [3.05, 3.63) is 64.2 Å². The fourth-order valence-corrected chi connectivity index (χ4v) is 4.81. The molecule has 1 amide bonds. The van der Waals surface area contributed by atoms with Gasteiger partial charge in [-0.1, -0.05) is 23.9 Å². The summed E-state index contributed by atoms with van der Waals surface area (Å²) in [6.45, 7) is 0. The van der Waals surface area contributed by atoms with Crippen LogP contribution in [0, 0.1) is 0 Å². The van der Waals surface area contributed by atoms with Crippen LogP contribution in [0.4, 0.5) is 13.2 Å². The van der Waals surface area contributed by atoms with Crippen LogP contribution in [0.3, 0.4) is 0 Å². The van der Waals surface area contributed by atoms with E-state index in [1.807, 2.05) is 6.07 Å². The Morgan fingerprint density at radius 2 is 2.03 bits per heavy atom. The van der Waals surface area contributed by atoms with Gasteiger partial charge in [0, 0.05) is 5.39 Å². The number of aromatic nitrogens is 2. The van der Waals surface area contributed by atoms with Crippen LogP contribution in [-0.2, 0) is 17.4 Å². The maximum absolute atomic E-state index is 13.8. The highest BCUT2D eigenvalue weighted by molar-refractivity contribution is 8.41. The summed E-state index contributed by atoms with van der Waals surface area (Å²) < 4.78 is 46.9. The molecule has 1 aliphatic rings. The number of rotatable bonds is 4. The van der Waals surface area contributed by atoms with E-state index in [1.165, 1.54) is 42.8 Å². The number of allylic oxidation sites excluding steroid dienone is 1. The first-order valence-electron chi connectivity index (χ1n) is 9.05. The van der Waals surface area contributed by atoms with Gasteiger partial charge >= 0.3 is 6.18 Å². The van der Waals surface area contributed by atoms with Gasteiger partial charge < -0.3 is 4.74 Å². The van der Waals surface area contributed by atoms with Crippen LogP contribution in [0.5, 0.6) is 5.75 Å². The van der Waals surface area contributed by atoms with Gasteiger partial charge in [-0.2, -0.15) is 23.3 Å². The molecule has 0 fully saturated rings. The van der Waals surface area contributed by atoms with Crippen LogP contribution in [0.1, 0.15) is 16.7 Å². The minimum Gasteiger partial charge on any atom is -0.497 e. The van der Waals surface area contributed by atoms with E-state index < -0.39 is 17.6 Å². The van der Waals surface area contributed by atoms with Gasteiger partial charge in [0.25, 0.3) is 5.91 Å². The quantitative estimate of drug-likeness (QED) is 0.515. The molecule has 0 radical (unpaired) electrons. The topological polar surface area (TPSA) is 67.3 Å². The van der Waals surface area contributed by atoms with Gasteiger partial charge in [0.15, 0.2) is 0 Å². The maximum atomic E-state index is 13.8. The molecule has 1 aromatic heterocycles. The van der Waals surface area contributed by atoms with Crippen molar-refractivity contribution in [3.8, 4) is 5.75 Å². The number of nitrogens with one attached hydrogen (secondary N) is 1. The van der Waals surface area contributed by atoms with Gasteiger partial charge in [0.05, 0.1) is 29.3 Å². The first-order chi connectivity index (χ1) is 14.8. The number of benzene rings is 2. The molecule has 31 heavy (non-hydrogen) atoms. The molecule has 160 valence electrons. The molecule has 0 saturated heterocycles. The molecule has 2 aromatic carbocycles. The first-order valence-corrected chi connectivity index (χ1v) is 11.1. The van der Waals surface area contributed by atoms with E-state index in [4.69, 9.17) is 4.74 Å². The Bertz CT molecular complexity index is 1230. The number of alkyl halides is 3. The summed E-state index contributed by atoms with van der Waals surface area (Å²) in [5.74, 6) is -0.330. The molecule has 5 nitrogen and oxygen atoms in total. The number of carbonyl (C=O) groups excluding carboxylic acids is 1. The van der Waals surface area contributed by atoms with Crippen LogP contribution >= 0.6 is 23.5 Å². The van der Waals surface area contributed by atoms with E-state index in [1.54, 1.807) is 24.6 Å². The highest BCUT2D eigenvalue weighted by atomic mass is 32.2. The van der Waals surface area contributed by atoms with Gasteiger partial charge in [-0.3, -0.25) is 9.89 Å². The maximum Gasteiger partial charge on any atom is 0.416 e. The fraction of sp³-hybridized carbons (Fsp3) is 0.190. The molecule has 4 rings (SSSR count). The predicted octanol–water partition coefficient (Wildman–Crippen LogP) is 5.54. The summed E-state index contributed by atoms with van der Waals surface area (Å²) in [4.78, 5) is 16.9. The van der Waals surface area contributed by atoms with E-state index in [0.29, 0.717) is 20.4 Å². The van der Waals surface area contributed by atoms with E-state index in [-0.39, 0.29) is 17.7 Å². The smallest absolute Gasteiger partial charge is 0.416 e. The summed E-state index contributed by atoms with van der Waals surface area (Å²) in [5.41, 5.74) is 1.18.